The molecule has 3 aromatic rings. The van der Waals surface area contributed by atoms with Crippen LogP contribution in [0.4, 0.5) is 4.39 Å². The molecule has 6 heteroatoms. The number of aryl methyl sites for hydroxylation is 2. The van der Waals surface area contributed by atoms with Crippen molar-refractivity contribution >= 4 is 5.91 Å². The molecule has 0 saturated heterocycles. The highest BCUT2D eigenvalue weighted by Crippen LogP contribution is 2.14. The highest BCUT2D eigenvalue weighted by molar-refractivity contribution is 5.94. The fraction of sp³-hybridized carbons (Fsp3) is 0.217. The number of para-hydroxylation sites is 1. The first-order chi connectivity index (χ1) is 13.9. The van der Waals surface area contributed by atoms with Crippen LogP contribution in [0.2, 0.25) is 0 Å². The zero-order valence-electron chi connectivity index (χ0n) is 16.4. The van der Waals surface area contributed by atoms with Gasteiger partial charge >= 0.3 is 0 Å². The summed E-state index contributed by atoms with van der Waals surface area (Å²) in [5.74, 6) is -0.167. The van der Waals surface area contributed by atoms with Gasteiger partial charge in [0.15, 0.2) is 0 Å². The smallest absolute Gasteiger partial charge is 0.253 e. The molecule has 2 aromatic carbocycles. The molecule has 1 amide bonds. The summed E-state index contributed by atoms with van der Waals surface area (Å²) in [7, 11) is 0. The number of aromatic amines is 1. The van der Waals surface area contributed by atoms with E-state index < -0.39 is 11.7 Å². The van der Waals surface area contributed by atoms with Crippen LogP contribution in [0.3, 0.4) is 0 Å². The van der Waals surface area contributed by atoms with Crippen LogP contribution in [0, 0.1) is 19.7 Å². The molecule has 150 valence electrons. The number of rotatable bonds is 7. The van der Waals surface area contributed by atoms with Crippen molar-refractivity contribution in [1.82, 2.24) is 10.3 Å². The molecule has 0 aliphatic rings. The molecule has 1 aromatic heterocycles. The van der Waals surface area contributed by atoms with E-state index in [1.54, 1.807) is 19.1 Å². The van der Waals surface area contributed by atoms with Gasteiger partial charge in [-0.1, -0.05) is 24.3 Å². The number of hydrogen-bond donors (Lipinski definition) is 2. The van der Waals surface area contributed by atoms with E-state index in [0.717, 1.165) is 17.0 Å². The fourth-order valence-corrected chi connectivity index (χ4v) is 3.06. The first-order valence-electron chi connectivity index (χ1n) is 9.38. The Kier molecular flexibility index (Phi) is 6.44. The predicted molar refractivity (Wildman–Crippen MR) is 110 cm³/mol. The van der Waals surface area contributed by atoms with E-state index in [9.17, 15) is 14.0 Å². The number of aromatic nitrogens is 1. The Morgan fingerprint density at radius 1 is 1.10 bits per heavy atom. The summed E-state index contributed by atoms with van der Waals surface area (Å²) in [6.07, 6.45) is 0.389. The third-order valence-electron chi connectivity index (χ3n) is 4.62. The molecular weight excluding hydrogens is 371 g/mol. The highest BCUT2D eigenvalue weighted by atomic mass is 19.1. The Bertz CT molecular complexity index is 1060. The second kappa shape index (κ2) is 9.19. The standard InChI is InChI=1S/C23H23FN2O3/c1-15-12-16(2)26-23(28)20(15)14-25-22(27)18-9-8-17(21(24)13-18)10-11-29-19-6-4-3-5-7-19/h3-9,12-13H,10-11,14H2,1-2H3,(H,25,27)(H,26,28). The number of ether oxygens (including phenoxy) is 1. The maximum atomic E-state index is 14.4. The van der Waals surface area contributed by atoms with Crippen LogP contribution in [-0.2, 0) is 13.0 Å². The first kappa shape index (κ1) is 20.3. The lowest BCUT2D eigenvalue weighted by molar-refractivity contribution is 0.0950. The third-order valence-corrected chi connectivity index (χ3v) is 4.62. The van der Waals surface area contributed by atoms with Gasteiger partial charge < -0.3 is 15.0 Å². The van der Waals surface area contributed by atoms with Gasteiger partial charge in [-0.25, -0.2) is 4.39 Å². The quantitative estimate of drug-likeness (QED) is 0.642. The molecule has 0 unspecified atom stereocenters. The Hall–Kier alpha value is -3.41. The van der Waals surface area contributed by atoms with Gasteiger partial charge in [-0.3, -0.25) is 9.59 Å². The van der Waals surface area contributed by atoms with Crippen molar-refractivity contribution in [3.8, 4) is 5.75 Å². The van der Waals surface area contributed by atoms with Crippen molar-refractivity contribution in [2.45, 2.75) is 26.8 Å². The average Bonchev–Trinajstić information content (AvgIpc) is 2.69. The molecule has 3 rings (SSSR count). The summed E-state index contributed by atoms with van der Waals surface area (Å²) in [5, 5.41) is 2.68. The second-order valence-corrected chi connectivity index (χ2v) is 6.84. The van der Waals surface area contributed by atoms with Gasteiger partial charge in [0.25, 0.3) is 11.5 Å². The number of hydrogen-bond acceptors (Lipinski definition) is 3. The van der Waals surface area contributed by atoms with Crippen molar-refractivity contribution < 1.29 is 13.9 Å². The van der Waals surface area contributed by atoms with Gasteiger partial charge in [-0.2, -0.15) is 0 Å². The molecular formula is C23H23FN2O3. The topological polar surface area (TPSA) is 71.2 Å². The Labute approximate surface area is 168 Å². The summed E-state index contributed by atoms with van der Waals surface area (Å²) < 4.78 is 20.0. The molecule has 5 nitrogen and oxygen atoms in total. The number of amides is 1. The number of benzene rings is 2. The lowest BCUT2D eigenvalue weighted by Gasteiger charge is -2.10. The van der Waals surface area contributed by atoms with Gasteiger partial charge in [0.1, 0.15) is 11.6 Å². The van der Waals surface area contributed by atoms with Gasteiger partial charge in [0, 0.05) is 29.8 Å². The van der Waals surface area contributed by atoms with E-state index in [2.05, 4.69) is 10.3 Å². The predicted octanol–water partition coefficient (Wildman–Crippen LogP) is 3.68. The number of halogens is 1. The minimum absolute atomic E-state index is 0.0779. The number of pyridine rings is 1. The molecule has 29 heavy (non-hydrogen) atoms. The number of H-pyrrole nitrogens is 1. The van der Waals surface area contributed by atoms with E-state index in [4.69, 9.17) is 4.74 Å². The molecule has 0 spiro atoms. The Morgan fingerprint density at radius 2 is 1.86 bits per heavy atom. The van der Waals surface area contributed by atoms with Gasteiger partial charge in [0.05, 0.1) is 6.61 Å². The van der Waals surface area contributed by atoms with Crippen molar-refractivity contribution in [3.63, 3.8) is 0 Å². The van der Waals surface area contributed by atoms with Crippen LogP contribution in [0.15, 0.2) is 59.4 Å². The fourth-order valence-electron chi connectivity index (χ4n) is 3.06. The maximum absolute atomic E-state index is 14.4. The molecule has 0 fully saturated rings. The van der Waals surface area contributed by atoms with Gasteiger partial charge in [-0.05, 0) is 55.3 Å². The molecule has 1 heterocycles. The SMILES string of the molecule is Cc1cc(C)c(CNC(=O)c2ccc(CCOc3ccccc3)c(F)c2)c(=O)[nH]1. The average molecular weight is 394 g/mol. The minimum Gasteiger partial charge on any atom is -0.493 e. The molecule has 0 atom stereocenters. The number of carbonyl (C=O) groups is 1. The second-order valence-electron chi connectivity index (χ2n) is 6.84. The van der Waals surface area contributed by atoms with E-state index in [1.165, 1.54) is 6.07 Å². The molecule has 0 aliphatic heterocycles. The van der Waals surface area contributed by atoms with E-state index >= 15 is 0 Å². The largest absolute Gasteiger partial charge is 0.493 e. The minimum atomic E-state index is -0.460. The normalized spacial score (nSPS) is 10.6. The van der Waals surface area contributed by atoms with Gasteiger partial charge in [-0.15, -0.1) is 0 Å². The lowest BCUT2D eigenvalue weighted by Crippen LogP contribution is -2.28. The number of carbonyl (C=O) groups excluding carboxylic acids is 1. The van der Waals surface area contributed by atoms with Gasteiger partial charge in [0.2, 0.25) is 0 Å². The molecule has 0 radical (unpaired) electrons. The summed E-state index contributed by atoms with van der Waals surface area (Å²) in [4.78, 5) is 27.1. The third kappa shape index (κ3) is 5.31. The maximum Gasteiger partial charge on any atom is 0.253 e. The van der Waals surface area contributed by atoms with Crippen LogP contribution in [0.1, 0.15) is 32.7 Å². The van der Waals surface area contributed by atoms with Crippen molar-refractivity contribution in [2.75, 3.05) is 6.61 Å². The van der Waals surface area contributed by atoms with E-state index in [-0.39, 0.29) is 17.7 Å². The first-order valence-corrected chi connectivity index (χ1v) is 9.38. The van der Waals surface area contributed by atoms with Crippen molar-refractivity contribution in [2.24, 2.45) is 0 Å². The van der Waals surface area contributed by atoms with E-state index in [1.807, 2.05) is 43.3 Å². The number of nitrogens with one attached hydrogen (secondary N) is 2. The van der Waals surface area contributed by atoms with Crippen LogP contribution < -0.4 is 15.6 Å². The molecule has 0 saturated carbocycles. The van der Waals surface area contributed by atoms with Crippen LogP contribution in [0.5, 0.6) is 5.75 Å². The Morgan fingerprint density at radius 3 is 2.55 bits per heavy atom. The summed E-state index contributed by atoms with van der Waals surface area (Å²) >= 11 is 0. The summed E-state index contributed by atoms with van der Waals surface area (Å²) in [6, 6.07) is 15.5. The van der Waals surface area contributed by atoms with Crippen LogP contribution in [0.25, 0.3) is 0 Å². The summed E-state index contributed by atoms with van der Waals surface area (Å²) in [6.45, 7) is 4.03. The van der Waals surface area contributed by atoms with Crippen LogP contribution >= 0.6 is 0 Å². The highest BCUT2D eigenvalue weighted by Gasteiger charge is 2.12. The molecule has 0 bridgehead atoms. The zero-order valence-corrected chi connectivity index (χ0v) is 16.4. The zero-order chi connectivity index (χ0) is 20.8. The van der Waals surface area contributed by atoms with E-state index in [0.29, 0.717) is 24.2 Å². The lowest BCUT2D eigenvalue weighted by atomic mass is 10.1. The summed E-state index contributed by atoms with van der Waals surface area (Å²) in [5.41, 5.74) is 2.49. The Balaban J connectivity index is 1.59. The molecule has 0 aliphatic carbocycles. The molecule has 2 N–H and O–H groups in total. The van der Waals surface area contributed by atoms with Crippen molar-refractivity contribution in [1.29, 1.82) is 0 Å². The van der Waals surface area contributed by atoms with Crippen LogP contribution in [-0.4, -0.2) is 17.5 Å². The monoisotopic (exact) mass is 394 g/mol. The van der Waals surface area contributed by atoms with Crippen molar-refractivity contribution in [3.05, 3.63) is 98.7 Å².